The van der Waals surface area contributed by atoms with Gasteiger partial charge in [-0.15, -0.1) is 10.2 Å². The molecule has 4 aromatic heterocycles. The molecule has 0 aromatic carbocycles. The maximum atomic E-state index is 11.0. The fourth-order valence-electron chi connectivity index (χ4n) is 6.93. The van der Waals surface area contributed by atoms with Crippen LogP contribution in [0.25, 0.3) is 27.5 Å². The number of carboxylic acid groups (broad SMARTS) is 1. The minimum Gasteiger partial charge on any atom is -0.465 e. The number of hydrogen-bond acceptors (Lipinski definition) is 9. The zero-order valence-electron chi connectivity index (χ0n) is 23.1. The summed E-state index contributed by atoms with van der Waals surface area (Å²) in [5.74, 6) is 0.260. The van der Waals surface area contributed by atoms with Crippen LogP contribution in [0.4, 0.5) is 10.5 Å². The Kier molecular flexibility index (Phi) is 6.59. The van der Waals surface area contributed by atoms with Gasteiger partial charge in [0.1, 0.15) is 11.1 Å². The van der Waals surface area contributed by atoms with Gasteiger partial charge in [-0.3, -0.25) is 4.98 Å². The molecule has 4 aliphatic carbocycles. The molecule has 4 aliphatic rings. The Bertz CT molecular complexity index is 1680. The number of hydrogen-bond donors (Lipinski definition) is 4. The first-order valence-electron chi connectivity index (χ1n) is 14.5. The number of anilines is 1. The third-order valence-electron chi connectivity index (χ3n) is 9.48. The Balaban J connectivity index is 1.22. The van der Waals surface area contributed by atoms with Crippen LogP contribution >= 0.6 is 11.3 Å². The molecule has 8 rings (SSSR count). The average molecular weight is 585 g/mol. The monoisotopic (exact) mass is 584 g/mol. The first kappa shape index (κ1) is 26.8. The van der Waals surface area contributed by atoms with Crippen LogP contribution in [0.2, 0.25) is 0 Å². The second kappa shape index (κ2) is 10.3. The molecule has 4 fully saturated rings. The second-order valence-corrected chi connectivity index (χ2v) is 13.1. The van der Waals surface area contributed by atoms with E-state index < -0.39 is 11.7 Å². The summed E-state index contributed by atoms with van der Waals surface area (Å²) < 4.78 is 1.80. The number of aliphatic hydroxyl groups is 1. The summed E-state index contributed by atoms with van der Waals surface area (Å²) in [5, 5.41) is 51.1. The van der Waals surface area contributed by atoms with Gasteiger partial charge in [-0.25, -0.2) is 9.31 Å². The minimum atomic E-state index is -0.969. The minimum absolute atomic E-state index is 0.00675. The van der Waals surface area contributed by atoms with E-state index in [2.05, 4.69) is 38.1 Å². The Hall–Kier alpha value is -4.08. The molecule has 11 nitrogen and oxygen atoms in total. The van der Waals surface area contributed by atoms with Crippen molar-refractivity contribution in [3.8, 4) is 28.0 Å². The van der Waals surface area contributed by atoms with Crippen LogP contribution in [0.1, 0.15) is 80.7 Å². The highest BCUT2D eigenvalue weighted by molar-refractivity contribution is 7.14. The van der Waals surface area contributed by atoms with Crippen molar-refractivity contribution in [2.45, 2.75) is 87.3 Å². The summed E-state index contributed by atoms with van der Waals surface area (Å²) in [4.78, 5) is 15.9. The van der Waals surface area contributed by atoms with Gasteiger partial charge in [0, 0.05) is 29.4 Å². The molecule has 2 bridgehead atoms. The Morgan fingerprint density at radius 1 is 1.05 bits per heavy atom. The summed E-state index contributed by atoms with van der Waals surface area (Å²) in [6.07, 6.45) is 10.9. The number of carbonyl (C=O) groups is 1. The van der Waals surface area contributed by atoms with Crippen LogP contribution in [0.3, 0.4) is 0 Å². The lowest BCUT2D eigenvalue weighted by molar-refractivity contribution is -0.0579. The summed E-state index contributed by atoms with van der Waals surface area (Å²) >= 11 is 1.58. The van der Waals surface area contributed by atoms with E-state index in [4.69, 9.17) is 10.1 Å². The highest BCUT2D eigenvalue weighted by Crippen LogP contribution is 2.49. The van der Waals surface area contributed by atoms with Crippen molar-refractivity contribution in [1.82, 2.24) is 30.1 Å². The third kappa shape index (κ3) is 4.97. The molecule has 4 aromatic rings. The van der Waals surface area contributed by atoms with Crippen molar-refractivity contribution >= 4 is 28.6 Å². The molecule has 42 heavy (non-hydrogen) atoms. The molecule has 0 spiro atoms. The zero-order valence-corrected chi connectivity index (χ0v) is 23.9. The van der Waals surface area contributed by atoms with Gasteiger partial charge in [0.25, 0.3) is 0 Å². The number of rotatable bonds is 6. The number of fused-ring (bicyclic) bond motifs is 4. The van der Waals surface area contributed by atoms with E-state index in [0.717, 1.165) is 102 Å². The van der Waals surface area contributed by atoms with E-state index in [-0.39, 0.29) is 17.5 Å². The van der Waals surface area contributed by atoms with Gasteiger partial charge < -0.3 is 20.8 Å². The maximum Gasteiger partial charge on any atom is 0.404 e. The average Bonchev–Trinajstić information content (AvgIpc) is 3.66. The van der Waals surface area contributed by atoms with Crippen molar-refractivity contribution in [2.75, 3.05) is 5.32 Å². The normalized spacial score (nSPS) is 27.0. The van der Waals surface area contributed by atoms with Crippen LogP contribution in [-0.2, 0) is 0 Å². The molecular formula is C30H32N8O3S. The summed E-state index contributed by atoms with van der Waals surface area (Å²) in [6.45, 7) is 0. The largest absolute Gasteiger partial charge is 0.465 e. The number of amides is 1. The first-order chi connectivity index (χ1) is 20.3. The van der Waals surface area contributed by atoms with E-state index in [1.54, 1.807) is 22.0 Å². The quantitative estimate of drug-likeness (QED) is 0.235. The lowest BCUT2D eigenvalue weighted by Gasteiger charge is -2.51. The summed E-state index contributed by atoms with van der Waals surface area (Å²) in [6, 6.07) is 9.91. The molecule has 0 radical (unpaired) electrons. The molecule has 12 heteroatoms. The number of nitrogens with one attached hydrogen (secondary N) is 2. The fourth-order valence-corrected chi connectivity index (χ4v) is 7.97. The molecule has 0 atom stereocenters. The lowest BCUT2D eigenvalue weighted by Crippen LogP contribution is -2.53. The van der Waals surface area contributed by atoms with Gasteiger partial charge in [-0.1, -0.05) is 11.3 Å². The Morgan fingerprint density at radius 2 is 1.81 bits per heavy atom. The van der Waals surface area contributed by atoms with Crippen molar-refractivity contribution in [3.63, 3.8) is 0 Å². The van der Waals surface area contributed by atoms with Crippen LogP contribution in [-0.4, -0.2) is 58.3 Å². The smallest absolute Gasteiger partial charge is 0.404 e. The van der Waals surface area contributed by atoms with Crippen molar-refractivity contribution < 1.29 is 15.0 Å². The molecule has 216 valence electrons. The highest BCUT2D eigenvalue weighted by Gasteiger charge is 2.48. The summed E-state index contributed by atoms with van der Waals surface area (Å²) in [5.41, 5.74) is 4.12. The van der Waals surface area contributed by atoms with Gasteiger partial charge in [0.05, 0.1) is 39.8 Å². The summed E-state index contributed by atoms with van der Waals surface area (Å²) in [7, 11) is 0. The van der Waals surface area contributed by atoms with Gasteiger partial charge >= 0.3 is 6.09 Å². The van der Waals surface area contributed by atoms with Gasteiger partial charge in [-0.2, -0.15) is 10.4 Å². The van der Waals surface area contributed by atoms with Crippen LogP contribution in [0, 0.1) is 11.3 Å². The Labute approximate surface area is 246 Å². The molecule has 0 unspecified atom stereocenters. The number of pyridine rings is 1. The SMILES string of the molecule is N#Cc1cnn2c(-c3cc(NC45CCC(O)(CC4)CC5)c(-c4nnc(C5CCC(NC(=O)O)CC5)s4)cn3)ccc2c1. The second-order valence-electron chi connectivity index (χ2n) is 12.1. The maximum absolute atomic E-state index is 11.0. The number of aromatic nitrogens is 5. The Morgan fingerprint density at radius 3 is 2.52 bits per heavy atom. The molecule has 0 saturated heterocycles. The van der Waals surface area contributed by atoms with E-state index >= 15 is 0 Å². The highest BCUT2D eigenvalue weighted by atomic mass is 32.1. The van der Waals surface area contributed by atoms with Gasteiger partial charge in [0.2, 0.25) is 0 Å². The van der Waals surface area contributed by atoms with E-state index in [0.29, 0.717) is 5.56 Å². The van der Waals surface area contributed by atoms with Gasteiger partial charge in [-0.05, 0) is 88.5 Å². The number of nitriles is 1. The molecule has 0 aliphatic heterocycles. The molecule has 4 heterocycles. The zero-order chi connectivity index (χ0) is 28.9. The van der Waals surface area contributed by atoms with Crippen LogP contribution in [0.15, 0.2) is 36.7 Å². The molecular weight excluding hydrogens is 552 g/mol. The molecule has 4 N–H and O–H groups in total. The standard InChI is InChI=1S/C30H32N8O3S/c31-15-18-13-21-5-6-25(38(21)33-16-18)24-14-23(35-29-7-10-30(41,11-8-29)12-9-29)22(17-32-24)27-37-36-26(42-27)19-1-3-20(4-2-19)34-28(39)40/h5-6,13-14,16-17,19-20,34,41H,1-4,7-12H2,(H,32,35)(H,39,40). The van der Waals surface area contributed by atoms with Crippen molar-refractivity contribution in [3.05, 3.63) is 47.2 Å². The third-order valence-corrected chi connectivity index (χ3v) is 10.6. The topological polar surface area (TPSA) is 161 Å². The van der Waals surface area contributed by atoms with E-state index in [9.17, 15) is 15.2 Å². The predicted octanol–water partition coefficient (Wildman–Crippen LogP) is 5.33. The van der Waals surface area contributed by atoms with Crippen LogP contribution < -0.4 is 10.6 Å². The van der Waals surface area contributed by atoms with Crippen molar-refractivity contribution in [2.24, 2.45) is 0 Å². The lowest BCUT2D eigenvalue weighted by atomic mass is 9.63. The predicted molar refractivity (Wildman–Crippen MR) is 157 cm³/mol. The van der Waals surface area contributed by atoms with E-state index in [1.165, 1.54) is 0 Å². The first-order valence-corrected chi connectivity index (χ1v) is 15.4. The van der Waals surface area contributed by atoms with E-state index in [1.807, 2.05) is 24.4 Å². The van der Waals surface area contributed by atoms with Crippen LogP contribution in [0.5, 0.6) is 0 Å². The molecule has 4 saturated carbocycles. The molecule has 1 amide bonds. The fraction of sp³-hybridized carbons (Fsp3) is 0.467. The van der Waals surface area contributed by atoms with Crippen molar-refractivity contribution in [1.29, 1.82) is 5.26 Å². The van der Waals surface area contributed by atoms with Gasteiger partial charge in [0.15, 0.2) is 5.01 Å². The number of nitrogens with zero attached hydrogens (tertiary/aromatic N) is 6.